The molecule has 0 fully saturated rings. The summed E-state index contributed by atoms with van der Waals surface area (Å²) in [5.74, 6) is 0. The van der Waals surface area contributed by atoms with Crippen molar-refractivity contribution < 1.29 is 0 Å². The Kier molecular flexibility index (Phi) is 4.81. The van der Waals surface area contributed by atoms with Crippen molar-refractivity contribution >= 4 is 31.9 Å². The van der Waals surface area contributed by atoms with Gasteiger partial charge in [0, 0.05) is 11.0 Å². The van der Waals surface area contributed by atoms with Gasteiger partial charge in [0.05, 0.1) is 22.4 Å². The van der Waals surface area contributed by atoms with Crippen molar-refractivity contribution in [2.75, 3.05) is 7.05 Å². The minimum Gasteiger partial charge on any atom is -0.308 e. The van der Waals surface area contributed by atoms with Crippen molar-refractivity contribution in [3.05, 3.63) is 50.2 Å². The van der Waals surface area contributed by atoms with Crippen LogP contribution in [-0.4, -0.2) is 16.8 Å². The van der Waals surface area contributed by atoms with E-state index in [9.17, 15) is 0 Å². The Morgan fingerprint density at radius 1 is 1.37 bits per heavy atom. The first-order valence-electron chi connectivity index (χ1n) is 6.23. The number of nitrogens with zero attached hydrogens (tertiary/aromatic N) is 2. The number of nitrogens with one attached hydrogen (secondary N) is 1. The smallest absolute Gasteiger partial charge is 0.0760 e. The SMILES string of the molecule is CCn1ncc(Br)c1C(NC)c1cc(Br)ccc1C. The second-order valence-corrected chi connectivity index (χ2v) is 6.19. The van der Waals surface area contributed by atoms with Gasteiger partial charge < -0.3 is 5.32 Å². The van der Waals surface area contributed by atoms with Crippen LogP contribution in [0.5, 0.6) is 0 Å². The van der Waals surface area contributed by atoms with Crippen LogP contribution in [0.3, 0.4) is 0 Å². The standard InChI is InChI=1S/C14H17Br2N3/c1-4-19-14(12(16)8-18-19)13(17-3)11-7-10(15)6-5-9(11)2/h5-8,13,17H,4H2,1-3H3. The molecule has 2 aromatic rings. The summed E-state index contributed by atoms with van der Waals surface area (Å²) in [6.07, 6.45) is 1.86. The largest absolute Gasteiger partial charge is 0.308 e. The Labute approximate surface area is 130 Å². The molecular formula is C14H17Br2N3. The molecule has 19 heavy (non-hydrogen) atoms. The fraction of sp³-hybridized carbons (Fsp3) is 0.357. The molecule has 0 bridgehead atoms. The number of halogens is 2. The molecule has 0 spiro atoms. The second-order valence-electron chi connectivity index (χ2n) is 4.42. The zero-order chi connectivity index (χ0) is 14.0. The summed E-state index contributed by atoms with van der Waals surface area (Å²) >= 11 is 7.15. The predicted molar refractivity (Wildman–Crippen MR) is 85.4 cm³/mol. The Balaban J connectivity index is 2.56. The summed E-state index contributed by atoms with van der Waals surface area (Å²) in [5.41, 5.74) is 3.68. The van der Waals surface area contributed by atoms with Crippen molar-refractivity contribution in [3.63, 3.8) is 0 Å². The first-order valence-corrected chi connectivity index (χ1v) is 7.81. The fourth-order valence-electron chi connectivity index (χ4n) is 2.27. The molecule has 0 saturated heterocycles. The van der Waals surface area contributed by atoms with Crippen molar-refractivity contribution in [1.29, 1.82) is 0 Å². The highest BCUT2D eigenvalue weighted by Gasteiger charge is 2.21. The first-order chi connectivity index (χ1) is 9.08. The molecule has 2 rings (SSSR count). The van der Waals surface area contributed by atoms with Gasteiger partial charge in [-0.05, 0) is 60.1 Å². The van der Waals surface area contributed by atoms with E-state index in [0.29, 0.717) is 0 Å². The number of benzene rings is 1. The molecule has 0 aliphatic rings. The Bertz CT molecular complexity index is 578. The maximum Gasteiger partial charge on any atom is 0.0760 e. The van der Waals surface area contributed by atoms with Crippen molar-refractivity contribution in [2.24, 2.45) is 0 Å². The van der Waals surface area contributed by atoms with Gasteiger partial charge in [-0.3, -0.25) is 4.68 Å². The van der Waals surface area contributed by atoms with Crippen LogP contribution in [0.25, 0.3) is 0 Å². The average Bonchev–Trinajstić information content (AvgIpc) is 2.76. The highest BCUT2D eigenvalue weighted by molar-refractivity contribution is 9.10. The zero-order valence-electron chi connectivity index (χ0n) is 11.2. The number of hydrogen-bond acceptors (Lipinski definition) is 2. The van der Waals surface area contributed by atoms with Crippen LogP contribution < -0.4 is 5.32 Å². The van der Waals surface area contributed by atoms with Gasteiger partial charge in [-0.2, -0.15) is 5.10 Å². The summed E-state index contributed by atoms with van der Waals surface area (Å²) in [7, 11) is 1.98. The zero-order valence-corrected chi connectivity index (χ0v) is 14.4. The minimum absolute atomic E-state index is 0.120. The van der Waals surface area contributed by atoms with Gasteiger partial charge in [0.2, 0.25) is 0 Å². The van der Waals surface area contributed by atoms with E-state index in [4.69, 9.17) is 0 Å². The molecule has 0 radical (unpaired) electrons. The summed E-state index contributed by atoms with van der Waals surface area (Å²) in [6.45, 7) is 5.09. The summed E-state index contributed by atoms with van der Waals surface area (Å²) < 4.78 is 4.14. The van der Waals surface area contributed by atoms with Gasteiger partial charge in [0.1, 0.15) is 0 Å². The molecule has 1 atom stereocenters. The van der Waals surface area contributed by atoms with Crippen LogP contribution in [0.2, 0.25) is 0 Å². The van der Waals surface area contributed by atoms with E-state index in [-0.39, 0.29) is 6.04 Å². The molecule has 0 saturated carbocycles. The third-order valence-electron chi connectivity index (χ3n) is 3.25. The molecule has 1 unspecified atom stereocenters. The average molecular weight is 387 g/mol. The highest BCUT2D eigenvalue weighted by atomic mass is 79.9. The molecule has 5 heteroatoms. The molecule has 1 aromatic heterocycles. The number of rotatable bonds is 4. The molecule has 1 N–H and O–H groups in total. The lowest BCUT2D eigenvalue weighted by Crippen LogP contribution is -2.22. The molecule has 1 aromatic carbocycles. The van der Waals surface area contributed by atoms with Crippen LogP contribution in [0.4, 0.5) is 0 Å². The first kappa shape index (κ1) is 14.8. The molecule has 3 nitrogen and oxygen atoms in total. The molecule has 0 aliphatic carbocycles. The third-order valence-corrected chi connectivity index (χ3v) is 4.35. The summed E-state index contributed by atoms with van der Waals surface area (Å²) in [6, 6.07) is 6.48. The van der Waals surface area contributed by atoms with E-state index in [1.165, 1.54) is 11.1 Å². The second kappa shape index (κ2) is 6.20. The molecule has 1 heterocycles. The topological polar surface area (TPSA) is 29.9 Å². The lowest BCUT2D eigenvalue weighted by Gasteiger charge is -2.21. The Morgan fingerprint density at radius 2 is 2.11 bits per heavy atom. The van der Waals surface area contributed by atoms with E-state index in [1.807, 2.05) is 17.9 Å². The number of aromatic nitrogens is 2. The van der Waals surface area contributed by atoms with Gasteiger partial charge >= 0.3 is 0 Å². The lowest BCUT2D eigenvalue weighted by molar-refractivity contribution is 0.560. The molecular weight excluding hydrogens is 370 g/mol. The molecule has 102 valence electrons. The van der Waals surface area contributed by atoms with E-state index >= 15 is 0 Å². The third kappa shape index (κ3) is 2.93. The highest BCUT2D eigenvalue weighted by Crippen LogP contribution is 2.31. The van der Waals surface area contributed by atoms with Crippen molar-refractivity contribution in [2.45, 2.75) is 26.4 Å². The fourth-order valence-corrected chi connectivity index (χ4v) is 3.18. The maximum absolute atomic E-state index is 4.40. The minimum atomic E-state index is 0.120. The van der Waals surface area contributed by atoms with Crippen molar-refractivity contribution in [3.8, 4) is 0 Å². The summed E-state index contributed by atoms with van der Waals surface area (Å²) in [4.78, 5) is 0. The van der Waals surface area contributed by atoms with Gasteiger partial charge in [-0.1, -0.05) is 22.0 Å². The summed E-state index contributed by atoms with van der Waals surface area (Å²) in [5, 5.41) is 7.79. The van der Waals surface area contributed by atoms with E-state index in [1.54, 1.807) is 0 Å². The molecule has 0 aliphatic heterocycles. The van der Waals surface area contributed by atoms with Crippen LogP contribution in [-0.2, 0) is 6.54 Å². The monoisotopic (exact) mass is 385 g/mol. The van der Waals surface area contributed by atoms with E-state index < -0.39 is 0 Å². The quantitative estimate of drug-likeness (QED) is 0.858. The molecule has 0 amide bonds. The number of hydrogen-bond donors (Lipinski definition) is 1. The van der Waals surface area contributed by atoms with Crippen LogP contribution in [0.1, 0.15) is 29.8 Å². The normalized spacial score (nSPS) is 12.7. The van der Waals surface area contributed by atoms with Crippen LogP contribution >= 0.6 is 31.9 Å². The van der Waals surface area contributed by atoms with Gasteiger partial charge in [-0.15, -0.1) is 0 Å². The predicted octanol–water partition coefficient (Wildman–Crippen LogP) is 4.05. The Morgan fingerprint density at radius 3 is 2.74 bits per heavy atom. The van der Waals surface area contributed by atoms with E-state index in [2.05, 4.69) is 74.3 Å². The van der Waals surface area contributed by atoms with Gasteiger partial charge in [0.15, 0.2) is 0 Å². The van der Waals surface area contributed by atoms with Crippen molar-refractivity contribution in [1.82, 2.24) is 15.1 Å². The maximum atomic E-state index is 4.40. The number of aryl methyl sites for hydroxylation is 2. The van der Waals surface area contributed by atoms with E-state index in [0.717, 1.165) is 21.2 Å². The lowest BCUT2D eigenvalue weighted by atomic mass is 9.99. The van der Waals surface area contributed by atoms with Gasteiger partial charge in [0.25, 0.3) is 0 Å². The van der Waals surface area contributed by atoms with Gasteiger partial charge in [-0.25, -0.2) is 0 Å². The van der Waals surface area contributed by atoms with Crippen LogP contribution in [0.15, 0.2) is 33.3 Å². The van der Waals surface area contributed by atoms with Crippen LogP contribution in [0, 0.1) is 6.92 Å². The Hall–Kier alpha value is -0.650.